The summed E-state index contributed by atoms with van der Waals surface area (Å²) in [7, 11) is 0. The Morgan fingerprint density at radius 3 is 2.33 bits per heavy atom. The minimum Gasteiger partial charge on any atom is -0.317 e. The van der Waals surface area contributed by atoms with Crippen LogP contribution < -0.4 is 5.56 Å². The van der Waals surface area contributed by atoms with E-state index in [2.05, 4.69) is 28.6 Å². The number of aliphatic imine (C=N–C) groups is 1. The van der Waals surface area contributed by atoms with Crippen LogP contribution in [0.1, 0.15) is 28.8 Å². The van der Waals surface area contributed by atoms with E-state index in [-0.39, 0.29) is 12.3 Å². The highest BCUT2D eigenvalue weighted by atomic mass is 32.1. The fourth-order valence-electron chi connectivity index (χ4n) is 4.69. The fraction of sp³-hybridized carbons (Fsp3) is 0.269. The van der Waals surface area contributed by atoms with Crippen molar-refractivity contribution in [3.8, 4) is 11.1 Å². The average molecular weight is 527 g/mol. The standard InChI is InChI=1S/C25H21BF3N3OS.CH4S/c27-25(28,29)19-10-8-18(9-11-19)17-6-4-16(5-7-17)14-26-12-13-30-22(26)15-32-21-3-1-2-20(21)23(33)31-24(32)34;1-2/h4-13H,1-3,14-15H2,(H,31,33,34);2H,1H3. The predicted molar refractivity (Wildman–Crippen MR) is 146 cm³/mol. The number of rotatable bonds is 5. The van der Waals surface area contributed by atoms with Crippen molar-refractivity contribution in [3.05, 3.63) is 98.2 Å². The van der Waals surface area contributed by atoms with Gasteiger partial charge in [-0.15, -0.1) is 0 Å². The zero-order chi connectivity index (χ0) is 25.9. The summed E-state index contributed by atoms with van der Waals surface area (Å²) in [6, 6.07) is 13.1. The molecule has 10 heteroatoms. The van der Waals surface area contributed by atoms with Crippen LogP contribution in [0, 0.1) is 4.77 Å². The molecule has 0 atom stereocenters. The second-order valence-electron chi connectivity index (χ2n) is 8.67. The number of aromatic amines is 1. The molecule has 0 fully saturated rings. The highest BCUT2D eigenvalue weighted by Crippen LogP contribution is 2.31. The van der Waals surface area contributed by atoms with Gasteiger partial charge in [-0.2, -0.15) is 25.8 Å². The molecule has 3 aromatic rings. The van der Waals surface area contributed by atoms with Gasteiger partial charge < -0.3 is 4.57 Å². The maximum Gasteiger partial charge on any atom is 0.416 e. The van der Waals surface area contributed by atoms with Gasteiger partial charge in [0.05, 0.1) is 12.1 Å². The summed E-state index contributed by atoms with van der Waals surface area (Å²) >= 11 is 8.97. The first-order chi connectivity index (χ1) is 17.3. The van der Waals surface area contributed by atoms with Crippen LogP contribution in [0.3, 0.4) is 0 Å². The lowest BCUT2D eigenvalue weighted by atomic mass is 9.43. The number of nitrogens with one attached hydrogen (secondary N) is 1. The Labute approximate surface area is 218 Å². The van der Waals surface area contributed by atoms with Crippen LogP contribution in [0.5, 0.6) is 0 Å². The van der Waals surface area contributed by atoms with Gasteiger partial charge in [-0.25, -0.2) is 0 Å². The minimum atomic E-state index is -4.34. The summed E-state index contributed by atoms with van der Waals surface area (Å²) in [4.78, 5) is 19.6. The van der Waals surface area contributed by atoms with E-state index in [1.807, 2.05) is 35.0 Å². The Bertz CT molecular complexity index is 1410. The smallest absolute Gasteiger partial charge is 0.317 e. The quantitative estimate of drug-likeness (QED) is 0.245. The van der Waals surface area contributed by atoms with E-state index in [1.165, 1.54) is 12.1 Å². The lowest BCUT2D eigenvalue weighted by molar-refractivity contribution is -0.137. The number of hydrogen-bond acceptors (Lipinski definition) is 4. The van der Waals surface area contributed by atoms with Crippen LogP contribution in [-0.4, -0.2) is 28.1 Å². The Morgan fingerprint density at radius 2 is 1.69 bits per heavy atom. The number of benzene rings is 2. The van der Waals surface area contributed by atoms with Crippen LogP contribution in [0.15, 0.2) is 70.5 Å². The van der Waals surface area contributed by atoms with Crippen molar-refractivity contribution < 1.29 is 13.2 Å². The first-order valence-electron chi connectivity index (χ1n) is 11.6. The van der Waals surface area contributed by atoms with E-state index >= 15 is 0 Å². The van der Waals surface area contributed by atoms with Crippen LogP contribution in [0.2, 0.25) is 0 Å². The molecule has 36 heavy (non-hydrogen) atoms. The third-order valence-corrected chi connectivity index (χ3v) is 6.84. The van der Waals surface area contributed by atoms with Gasteiger partial charge in [0.2, 0.25) is 6.71 Å². The molecule has 2 heterocycles. The van der Waals surface area contributed by atoms with E-state index in [0.29, 0.717) is 11.3 Å². The van der Waals surface area contributed by atoms with Gasteiger partial charge in [-0.1, -0.05) is 47.9 Å². The molecule has 2 aliphatic rings. The Hall–Kier alpha value is -2.85. The number of H-pyrrole nitrogens is 1. The van der Waals surface area contributed by atoms with Crippen LogP contribution in [0.4, 0.5) is 13.2 Å². The molecule has 0 radical (unpaired) electrons. The van der Waals surface area contributed by atoms with Crippen LogP contribution in [-0.2, 0) is 31.9 Å². The first-order valence-corrected chi connectivity index (χ1v) is 12.9. The highest BCUT2D eigenvalue weighted by molar-refractivity contribution is 7.79. The van der Waals surface area contributed by atoms with Crippen LogP contribution >= 0.6 is 24.8 Å². The summed E-state index contributed by atoms with van der Waals surface area (Å²) in [6.45, 7) is 0.655. The number of aromatic nitrogens is 2. The molecule has 1 aliphatic carbocycles. The van der Waals surface area contributed by atoms with Crippen molar-refractivity contribution in [1.82, 2.24) is 9.55 Å². The average Bonchev–Trinajstić information content (AvgIpc) is 3.53. The summed E-state index contributed by atoms with van der Waals surface area (Å²) in [5.41, 5.74) is 4.82. The Balaban J connectivity index is 0.00000148. The number of fused-ring (bicyclic) bond motifs is 1. The van der Waals surface area contributed by atoms with Gasteiger partial charge in [0.15, 0.2) is 4.77 Å². The topological polar surface area (TPSA) is 50.1 Å². The second kappa shape index (κ2) is 11.0. The third kappa shape index (κ3) is 5.60. The zero-order valence-corrected chi connectivity index (χ0v) is 21.4. The molecule has 0 saturated heterocycles. The molecule has 186 valence electrons. The van der Waals surface area contributed by atoms with E-state index in [4.69, 9.17) is 12.2 Å². The lowest BCUT2D eigenvalue weighted by Gasteiger charge is -2.16. The number of thiol groups is 1. The van der Waals surface area contributed by atoms with Crippen molar-refractivity contribution in [1.29, 1.82) is 0 Å². The lowest BCUT2D eigenvalue weighted by Crippen LogP contribution is -2.31. The summed E-state index contributed by atoms with van der Waals surface area (Å²) in [5.74, 6) is 2.06. The molecule has 2 aromatic carbocycles. The number of nitrogens with zero attached hydrogens (tertiary/aromatic N) is 2. The molecule has 5 rings (SSSR count). The molecule has 0 bridgehead atoms. The van der Waals surface area contributed by atoms with Gasteiger partial charge >= 0.3 is 6.18 Å². The van der Waals surface area contributed by atoms with E-state index in [0.717, 1.165) is 71.3 Å². The monoisotopic (exact) mass is 527 g/mol. The predicted octanol–water partition coefficient (Wildman–Crippen LogP) is 5.95. The van der Waals surface area contributed by atoms with E-state index in [9.17, 15) is 18.0 Å². The van der Waals surface area contributed by atoms with Gasteiger partial charge in [0, 0.05) is 23.1 Å². The molecule has 0 spiro atoms. The minimum absolute atomic E-state index is 0.0788. The maximum absolute atomic E-state index is 12.8. The molecular weight excluding hydrogens is 502 g/mol. The molecule has 1 aliphatic heterocycles. The van der Waals surface area contributed by atoms with Crippen molar-refractivity contribution in [2.24, 2.45) is 4.99 Å². The first kappa shape index (κ1) is 26.2. The molecule has 0 unspecified atom stereocenters. The van der Waals surface area contributed by atoms with Gasteiger partial charge in [0.1, 0.15) is 0 Å². The SMILES string of the molecule is CS.O=c1[nH]c(=S)n(CC2=NC=CB2Cc2ccc(-c3ccc(C(F)(F)F)cc3)cc2)c2c1CCC2. The van der Waals surface area contributed by atoms with Crippen molar-refractivity contribution >= 4 is 37.2 Å². The summed E-state index contributed by atoms with van der Waals surface area (Å²) < 4.78 is 40.9. The normalized spacial score (nSPS) is 14.4. The molecule has 1 N–H and O–H groups in total. The Kier molecular flexibility index (Phi) is 8.05. The van der Waals surface area contributed by atoms with Crippen LogP contribution in [0.25, 0.3) is 11.1 Å². The number of hydrogen-bond donors (Lipinski definition) is 2. The highest BCUT2D eigenvalue weighted by Gasteiger charge is 2.30. The van der Waals surface area contributed by atoms with Crippen molar-refractivity contribution in [2.75, 3.05) is 6.26 Å². The van der Waals surface area contributed by atoms with E-state index in [1.54, 1.807) is 6.26 Å². The van der Waals surface area contributed by atoms with Gasteiger partial charge in [-0.3, -0.25) is 14.8 Å². The Morgan fingerprint density at radius 1 is 1.06 bits per heavy atom. The summed E-state index contributed by atoms with van der Waals surface area (Å²) in [5, 5.41) is 0. The second-order valence-corrected chi connectivity index (χ2v) is 9.06. The molecule has 0 saturated carbocycles. The van der Waals surface area contributed by atoms with Gasteiger partial charge in [0.25, 0.3) is 5.56 Å². The maximum atomic E-state index is 12.8. The van der Waals surface area contributed by atoms with Crippen molar-refractivity contribution in [3.63, 3.8) is 0 Å². The summed E-state index contributed by atoms with van der Waals surface area (Å²) in [6.07, 6.45) is 2.50. The molecule has 1 aromatic heterocycles. The molecule has 4 nitrogen and oxygen atoms in total. The number of alkyl halides is 3. The number of halogens is 3. The molecular formula is C26H25BF3N3OS2. The van der Waals surface area contributed by atoms with Crippen molar-refractivity contribution in [2.45, 2.75) is 38.3 Å². The van der Waals surface area contributed by atoms with Gasteiger partial charge in [-0.05, 0) is 67.3 Å². The fourth-order valence-corrected chi connectivity index (χ4v) is 4.96. The third-order valence-electron chi connectivity index (χ3n) is 6.52. The largest absolute Gasteiger partial charge is 0.416 e. The zero-order valence-electron chi connectivity index (χ0n) is 19.7. The van der Waals surface area contributed by atoms with E-state index < -0.39 is 11.7 Å². The molecule has 0 amide bonds.